The van der Waals surface area contributed by atoms with Crippen molar-refractivity contribution in [3.63, 3.8) is 0 Å². The van der Waals surface area contributed by atoms with E-state index >= 15 is 0 Å². The molecule has 1 heterocycles. The quantitative estimate of drug-likeness (QED) is 0.481. The van der Waals surface area contributed by atoms with Gasteiger partial charge in [-0.3, -0.25) is 19.7 Å². The molecule has 154 valence electrons. The van der Waals surface area contributed by atoms with Crippen LogP contribution in [-0.4, -0.2) is 32.8 Å². The molecule has 30 heavy (non-hydrogen) atoms. The number of nitro benzene ring substituents is 1. The Morgan fingerprint density at radius 3 is 2.43 bits per heavy atom. The van der Waals surface area contributed by atoms with Crippen LogP contribution in [0.25, 0.3) is 5.69 Å². The van der Waals surface area contributed by atoms with Gasteiger partial charge in [0.15, 0.2) is 0 Å². The fourth-order valence-electron chi connectivity index (χ4n) is 3.25. The van der Waals surface area contributed by atoms with Gasteiger partial charge in [0.05, 0.1) is 17.8 Å². The van der Waals surface area contributed by atoms with Gasteiger partial charge in [0.25, 0.3) is 11.6 Å². The highest BCUT2D eigenvalue weighted by atomic mass is 16.6. The van der Waals surface area contributed by atoms with Gasteiger partial charge in [-0.1, -0.05) is 17.7 Å². The van der Waals surface area contributed by atoms with Gasteiger partial charge in [-0.25, -0.2) is 4.98 Å². The van der Waals surface area contributed by atoms with E-state index in [2.05, 4.69) is 15.6 Å². The van der Waals surface area contributed by atoms with Crippen molar-refractivity contribution >= 4 is 23.2 Å². The second kappa shape index (κ2) is 8.56. The Morgan fingerprint density at radius 2 is 1.83 bits per heavy atom. The number of nitrogens with one attached hydrogen (secondary N) is 2. The van der Waals surface area contributed by atoms with Crippen LogP contribution in [0.15, 0.2) is 49.1 Å². The zero-order chi connectivity index (χ0) is 21.8. The largest absolute Gasteiger partial charge is 0.343 e. The van der Waals surface area contributed by atoms with Crippen LogP contribution in [0.1, 0.15) is 27.0 Å². The zero-order valence-corrected chi connectivity index (χ0v) is 16.8. The lowest BCUT2D eigenvalue weighted by Gasteiger charge is -2.13. The number of anilines is 1. The second-order valence-corrected chi connectivity index (χ2v) is 6.94. The molecular weight excluding hydrogens is 386 g/mol. The van der Waals surface area contributed by atoms with E-state index in [9.17, 15) is 19.7 Å². The van der Waals surface area contributed by atoms with E-state index in [4.69, 9.17) is 0 Å². The van der Waals surface area contributed by atoms with Gasteiger partial charge < -0.3 is 15.2 Å². The summed E-state index contributed by atoms with van der Waals surface area (Å²) in [5.41, 5.74) is 3.79. The van der Waals surface area contributed by atoms with Gasteiger partial charge in [-0.15, -0.1) is 0 Å². The summed E-state index contributed by atoms with van der Waals surface area (Å²) in [6.07, 6.45) is 4.50. The summed E-state index contributed by atoms with van der Waals surface area (Å²) >= 11 is 0. The summed E-state index contributed by atoms with van der Waals surface area (Å²) < 4.78 is 1.49. The molecule has 0 aliphatic rings. The van der Waals surface area contributed by atoms with Crippen molar-refractivity contribution in [3.8, 4) is 5.69 Å². The van der Waals surface area contributed by atoms with Gasteiger partial charge in [0.2, 0.25) is 5.91 Å². The summed E-state index contributed by atoms with van der Waals surface area (Å²) in [6.45, 7) is 5.51. The van der Waals surface area contributed by atoms with Crippen LogP contribution in [0.3, 0.4) is 0 Å². The van der Waals surface area contributed by atoms with E-state index in [1.165, 1.54) is 35.3 Å². The maximum atomic E-state index is 12.4. The van der Waals surface area contributed by atoms with Crippen molar-refractivity contribution in [2.24, 2.45) is 0 Å². The number of benzene rings is 2. The molecule has 0 fully saturated rings. The summed E-state index contributed by atoms with van der Waals surface area (Å²) in [7, 11) is 0. The van der Waals surface area contributed by atoms with E-state index in [1.807, 2.05) is 32.9 Å². The first-order valence-corrected chi connectivity index (χ1v) is 9.19. The molecule has 0 bridgehead atoms. The molecule has 3 aromatic rings. The Kier molecular flexibility index (Phi) is 5.91. The lowest BCUT2D eigenvalue weighted by atomic mass is 10.1. The summed E-state index contributed by atoms with van der Waals surface area (Å²) in [5, 5.41) is 16.7. The fourth-order valence-corrected chi connectivity index (χ4v) is 3.25. The van der Waals surface area contributed by atoms with E-state index in [0.717, 1.165) is 16.7 Å². The predicted molar refractivity (Wildman–Crippen MR) is 112 cm³/mol. The van der Waals surface area contributed by atoms with Crippen LogP contribution < -0.4 is 10.6 Å². The van der Waals surface area contributed by atoms with Crippen molar-refractivity contribution in [1.29, 1.82) is 0 Å². The second-order valence-electron chi connectivity index (χ2n) is 6.94. The van der Waals surface area contributed by atoms with Gasteiger partial charge in [0, 0.05) is 29.7 Å². The number of aryl methyl sites for hydroxylation is 3. The Bertz CT molecular complexity index is 1100. The van der Waals surface area contributed by atoms with Crippen LogP contribution in [0.2, 0.25) is 0 Å². The molecule has 0 atom stereocenters. The van der Waals surface area contributed by atoms with Crippen LogP contribution in [0.4, 0.5) is 11.4 Å². The minimum absolute atomic E-state index is 0.0843. The van der Waals surface area contributed by atoms with Gasteiger partial charge in [0.1, 0.15) is 5.69 Å². The SMILES string of the molecule is Cc1cc(C)c(NC(=O)CNC(=O)c2ccc(-n3ccnc3)c([N+](=O)[O-])c2)c(C)c1. The van der Waals surface area contributed by atoms with Crippen molar-refractivity contribution in [3.05, 3.63) is 81.4 Å². The average Bonchev–Trinajstić information content (AvgIpc) is 3.23. The molecule has 3 rings (SSSR count). The first-order chi connectivity index (χ1) is 14.3. The molecule has 0 unspecified atom stereocenters. The zero-order valence-electron chi connectivity index (χ0n) is 16.8. The smallest absolute Gasteiger partial charge is 0.294 e. The summed E-state index contributed by atoms with van der Waals surface area (Å²) in [4.78, 5) is 39.4. The third-order valence-corrected chi connectivity index (χ3v) is 4.57. The summed E-state index contributed by atoms with van der Waals surface area (Å²) in [6, 6.07) is 8.03. The molecule has 0 saturated carbocycles. The number of hydrogen-bond acceptors (Lipinski definition) is 5. The number of amides is 2. The van der Waals surface area contributed by atoms with E-state index < -0.39 is 10.8 Å². The number of imidazole rings is 1. The van der Waals surface area contributed by atoms with E-state index in [0.29, 0.717) is 5.69 Å². The highest BCUT2D eigenvalue weighted by Crippen LogP contribution is 2.24. The minimum atomic E-state index is -0.581. The molecule has 2 amide bonds. The average molecular weight is 407 g/mol. The third-order valence-electron chi connectivity index (χ3n) is 4.57. The number of nitrogens with zero attached hydrogens (tertiary/aromatic N) is 3. The highest BCUT2D eigenvalue weighted by Gasteiger charge is 2.19. The minimum Gasteiger partial charge on any atom is -0.343 e. The lowest BCUT2D eigenvalue weighted by Crippen LogP contribution is -2.33. The summed E-state index contributed by atoms with van der Waals surface area (Å²) in [5.74, 6) is -0.967. The number of rotatable bonds is 6. The molecule has 1 aromatic heterocycles. The number of carbonyl (C=O) groups is 2. The van der Waals surface area contributed by atoms with Crippen LogP contribution in [0, 0.1) is 30.9 Å². The lowest BCUT2D eigenvalue weighted by molar-refractivity contribution is -0.384. The first-order valence-electron chi connectivity index (χ1n) is 9.19. The molecule has 0 aliphatic carbocycles. The normalized spacial score (nSPS) is 10.5. The fraction of sp³-hybridized carbons (Fsp3) is 0.190. The number of nitro groups is 1. The van der Waals surface area contributed by atoms with Gasteiger partial charge in [-0.05, 0) is 44.0 Å². The van der Waals surface area contributed by atoms with Crippen LogP contribution in [0.5, 0.6) is 0 Å². The van der Waals surface area contributed by atoms with Crippen LogP contribution in [-0.2, 0) is 4.79 Å². The van der Waals surface area contributed by atoms with Gasteiger partial charge >= 0.3 is 0 Å². The topological polar surface area (TPSA) is 119 Å². The van der Waals surface area contributed by atoms with Crippen molar-refractivity contribution in [2.45, 2.75) is 20.8 Å². The van der Waals surface area contributed by atoms with E-state index in [1.54, 1.807) is 6.20 Å². The highest BCUT2D eigenvalue weighted by molar-refractivity contribution is 6.00. The molecule has 0 aliphatic heterocycles. The molecule has 2 N–H and O–H groups in total. The molecule has 2 aromatic carbocycles. The van der Waals surface area contributed by atoms with Crippen molar-refractivity contribution < 1.29 is 14.5 Å². The molecule has 0 saturated heterocycles. The standard InChI is InChI=1S/C21H21N5O4/c1-13-8-14(2)20(15(3)9-13)24-19(27)11-23-21(28)16-4-5-17(18(10-16)26(29)30)25-7-6-22-12-25/h4-10,12H,11H2,1-3H3,(H,23,28)(H,24,27). The third kappa shape index (κ3) is 4.52. The van der Waals surface area contributed by atoms with Crippen molar-refractivity contribution in [1.82, 2.24) is 14.9 Å². The molecule has 9 nitrogen and oxygen atoms in total. The number of aromatic nitrogens is 2. The Balaban J connectivity index is 1.70. The van der Waals surface area contributed by atoms with Crippen LogP contribution >= 0.6 is 0 Å². The maximum absolute atomic E-state index is 12.4. The maximum Gasteiger partial charge on any atom is 0.294 e. The van der Waals surface area contributed by atoms with Gasteiger partial charge in [-0.2, -0.15) is 0 Å². The molecule has 9 heteroatoms. The number of hydrogen-bond donors (Lipinski definition) is 2. The Hall–Kier alpha value is -4.01. The predicted octanol–water partition coefficient (Wildman–Crippen LogP) is 3.07. The Morgan fingerprint density at radius 1 is 1.13 bits per heavy atom. The first kappa shape index (κ1) is 20.7. The molecule has 0 radical (unpaired) electrons. The molecule has 0 spiro atoms. The molecular formula is C21H21N5O4. The monoisotopic (exact) mass is 407 g/mol. The number of carbonyl (C=O) groups excluding carboxylic acids is 2. The Labute approximate surface area is 172 Å². The van der Waals surface area contributed by atoms with E-state index in [-0.39, 0.29) is 29.4 Å². The van der Waals surface area contributed by atoms with Crippen molar-refractivity contribution in [2.75, 3.05) is 11.9 Å².